The predicted octanol–water partition coefficient (Wildman–Crippen LogP) is 3.86. The lowest BCUT2D eigenvalue weighted by atomic mass is 9.83. The Morgan fingerprint density at radius 3 is 2.88 bits per heavy atom. The van der Waals surface area contributed by atoms with Crippen LogP contribution in [-0.2, 0) is 4.79 Å². The maximum absolute atomic E-state index is 13.2. The molecule has 0 spiro atoms. The first-order valence-corrected chi connectivity index (χ1v) is 10.1. The van der Waals surface area contributed by atoms with E-state index in [1.54, 1.807) is 12.1 Å². The standard InChI is InChI=1S/C17H18FN5OS2/c18-12-5-4-6-13(9-12)20-15-22-23-16(26-15)25-10-14(24)21-17(11-19)7-2-1-3-8-17/h4-6,9H,1-3,7-8,10H2,(H,20,22)(H,21,24). The van der Waals surface area contributed by atoms with Gasteiger partial charge in [-0.2, -0.15) is 5.26 Å². The number of nitrogens with zero attached hydrogens (tertiary/aromatic N) is 3. The van der Waals surface area contributed by atoms with E-state index in [2.05, 4.69) is 26.9 Å². The average molecular weight is 391 g/mol. The molecular weight excluding hydrogens is 373 g/mol. The molecule has 1 saturated carbocycles. The number of nitriles is 1. The second-order valence-electron chi connectivity index (χ2n) is 6.10. The molecule has 0 saturated heterocycles. The van der Waals surface area contributed by atoms with Gasteiger partial charge in [0.15, 0.2) is 4.34 Å². The molecule has 0 unspecified atom stereocenters. The average Bonchev–Trinajstić information content (AvgIpc) is 3.08. The molecule has 0 aliphatic heterocycles. The smallest absolute Gasteiger partial charge is 0.231 e. The summed E-state index contributed by atoms with van der Waals surface area (Å²) in [6.45, 7) is 0. The van der Waals surface area contributed by atoms with Gasteiger partial charge in [-0.1, -0.05) is 48.4 Å². The molecule has 1 fully saturated rings. The fraction of sp³-hybridized carbons (Fsp3) is 0.412. The summed E-state index contributed by atoms with van der Waals surface area (Å²) in [5.41, 5.74) is -0.134. The Kier molecular flexibility index (Phi) is 6.06. The van der Waals surface area contributed by atoms with Crippen molar-refractivity contribution in [2.75, 3.05) is 11.1 Å². The molecule has 1 aliphatic carbocycles. The minimum Gasteiger partial charge on any atom is -0.337 e. The van der Waals surface area contributed by atoms with Crippen LogP contribution in [0, 0.1) is 17.1 Å². The van der Waals surface area contributed by atoms with E-state index in [1.165, 1.54) is 35.2 Å². The highest BCUT2D eigenvalue weighted by molar-refractivity contribution is 8.01. The lowest BCUT2D eigenvalue weighted by Gasteiger charge is -2.31. The predicted molar refractivity (Wildman–Crippen MR) is 99.9 cm³/mol. The Bertz CT molecular complexity index is 813. The van der Waals surface area contributed by atoms with Crippen molar-refractivity contribution in [3.05, 3.63) is 30.1 Å². The van der Waals surface area contributed by atoms with E-state index in [1.807, 2.05) is 0 Å². The zero-order chi connectivity index (χ0) is 18.4. The quantitative estimate of drug-likeness (QED) is 0.727. The summed E-state index contributed by atoms with van der Waals surface area (Å²) in [6, 6.07) is 8.35. The highest BCUT2D eigenvalue weighted by Gasteiger charge is 2.33. The summed E-state index contributed by atoms with van der Waals surface area (Å²) in [5.74, 6) is -0.328. The molecule has 0 radical (unpaired) electrons. The van der Waals surface area contributed by atoms with Crippen molar-refractivity contribution in [1.29, 1.82) is 5.26 Å². The lowest BCUT2D eigenvalue weighted by molar-refractivity contribution is -0.120. The summed E-state index contributed by atoms with van der Waals surface area (Å²) in [7, 11) is 0. The fourth-order valence-electron chi connectivity index (χ4n) is 2.86. The maximum atomic E-state index is 13.2. The molecule has 0 bridgehead atoms. The number of rotatable bonds is 6. The van der Waals surface area contributed by atoms with Crippen molar-refractivity contribution in [3.63, 3.8) is 0 Å². The van der Waals surface area contributed by atoms with E-state index in [9.17, 15) is 14.4 Å². The van der Waals surface area contributed by atoms with Gasteiger partial charge in [0.1, 0.15) is 11.4 Å². The zero-order valence-electron chi connectivity index (χ0n) is 14.0. The lowest BCUT2D eigenvalue weighted by Crippen LogP contribution is -2.49. The van der Waals surface area contributed by atoms with Crippen LogP contribution in [0.15, 0.2) is 28.6 Å². The maximum Gasteiger partial charge on any atom is 0.231 e. The second kappa shape index (κ2) is 8.47. The number of hydrogen-bond donors (Lipinski definition) is 2. The molecule has 26 heavy (non-hydrogen) atoms. The van der Waals surface area contributed by atoms with Crippen LogP contribution in [0.3, 0.4) is 0 Å². The first-order valence-electron chi connectivity index (χ1n) is 8.30. The van der Waals surface area contributed by atoms with Crippen molar-refractivity contribution in [2.24, 2.45) is 0 Å². The SMILES string of the molecule is N#CC1(NC(=O)CSc2nnc(Nc3cccc(F)c3)s2)CCCCC1. The normalized spacial score (nSPS) is 15.8. The van der Waals surface area contributed by atoms with Gasteiger partial charge in [0.2, 0.25) is 11.0 Å². The highest BCUT2D eigenvalue weighted by atomic mass is 32.2. The van der Waals surface area contributed by atoms with Gasteiger partial charge in [-0.25, -0.2) is 4.39 Å². The van der Waals surface area contributed by atoms with Gasteiger partial charge < -0.3 is 10.6 Å². The van der Waals surface area contributed by atoms with Gasteiger partial charge in [-0.15, -0.1) is 10.2 Å². The molecule has 1 aromatic carbocycles. The van der Waals surface area contributed by atoms with Crippen LogP contribution in [0.4, 0.5) is 15.2 Å². The summed E-state index contributed by atoms with van der Waals surface area (Å²) < 4.78 is 13.8. The molecular formula is C17H18FN5OS2. The van der Waals surface area contributed by atoms with Crippen LogP contribution in [0.5, 0.6) is 0 Å². The summed E-state index contributed by atoms with van der Waals surface area (Å²) in [4.78, 5) is 12.2. The van der Waals surface area contributed by atoms with Gasteiger partial charge in [-0.05, 0) is 31.0 Å². The summed E-state index contributed by atoms with van der Waals surface area (Å²) in [5, 5.41) is 23.8. The molecule has 2 N–H and O–H groups in total. The molecule has 1 amide bonds. The largest absolute Gasteiger partial charge is 0.337 e. The van der Waals surface area contributed by atoms with Crippen LogP contribution in [0.2, 0.25) is 0 Å². The first kappa shape index (κ1) is 18.6. The van der Waals surface area contributed by atoms with Crippen molar-refractivity contribution in [2.45, 2.75) is 42.0 Å². The summed E-state index contributed by atoms with van der Waals surface area (Å²) in [6.07, 6.45) is 4.46. The fourth-order valence-corrected chi connectivity index (χ4v) is 4.43. The van der Waals surface area contributed by atoms with Gasteiger partial charge in [0, 0.05) is 5.69 Å². The number of hydrogen-bond acceptors (Lipinski definition) is 7. The number of carbonyl (C=O) groups is 1. The number of amides is 1. The van der Waals surface area contributed by atoms with Crippen LogP contribution in [0.25, 0.3) is 0 Å². The Morgan fingerprint density at radius 2 is 2.15 bits per heavy atom. The molecule has 9 heteroatoms. The molecule has 1 aromatic heterocycles. The van der Waals surface area contributed by atoms with E-state index in [0.29, 0.717) is 28.0 Å². The minimum atomic E-state index is -0.721. The van der Waals surface area contributed by atoms with E-state index in [0.717, 1.165) is 19.3 Å². The van der Waals surface area contributed by atoms with E-state index < -0.39 is 5.54 Å². The summed E-state index contributed by atoms with van der Waals surface area (Å²) >= 11 is 2.56. The van der Waals surface area contributed by atoms with Crippen molar-refractivity contribution in [1.82, 2.24) is 15.5 Å². The third-order valence-corrected chi connectivity index (χ3v) is 6.08. The monoisotopic (exact) mass is 391 g/mol. The third kappa shape index (κ3) is 4.93. The molecule has 2 aromatic rings. The number of anilines is 2. The number of nitrogens with one attached hydrogen (secondary N) is 2. The zero-order valence-corrected chi connectivity index (χ0v) is 15.6. The van der Waals surface area contributed by atoms with Gasteiger partial charge in [-0.3, -0.25) is 4.79 Å². The Balaban J connectivity index is 1.51. The number of aromatic nitrogens is 2. The van der Waals surface area contributed by atoms with Crippen LogP contribution < -0.4 is 10.6 Å². The van der Waals surface area contributed by atoms with Crippen molar-refractivity contribution >= 4 is 39.8 Å². The molecule has 0 atom stereocenters. The number of carbonyl (C=O) groups excluding carboxylic acids is 1. The van der Waals surface area contributed by atoms with E-state index in [-0.39, 0.29) is 17.5 Å². The molecule has 3 rings (SSSR count). The van der Waals surface area contributed by atoms with Crippen LogP contribution >= 0.6 is 23.1 Å². The number of benzene rings is 1. The van der Waals surface area contributed by atoms with Gasteiger partial charge in [0.05, 0.1) is 11.8 Å². The van der Waals surface area contributed by atoms with Crippen molar-refractivity contribution in [3.8, 4) is 6.07 Å². The van der Waals surface area contributed by atoms with Gasteiger partial charge >= 0.3 is 0 Å². The molecule has 1 aliphatic rings. The van der Waals surface area contributed by atoms with Crippen LogP contribution in [-0.4, -0.2) is 27.4 Å². The molecule has 6 nitrogen and oxygen atoms in total. The second-order valence-corrected chi connectivity index (χ2v) is 8.30. The van der Waals surface area contributed by atoms with Gasteiger partial charge in [0.25, 0.3) is 0 Å². The van der Waals surface area contributed by atoms with E-state index >= 15 is 0 Å². The number of thioether (sulfide) groups is 1. The Labute approximate surface area is 159 Å². The molecule has 1 heterocycles. The van der Waals surface area contributed by atoms with Crippen molar-refractivity contribution < 1.29 is 9.18 Å². The third-order valence-electron chi connectivity index (χ3n) is 4.11. The first-order chi connectivity index (χ1) is 12.6. The number of halogens is 1. The minimum absolute atomic E-state index is 0.173. The Morgan fingerprint density at radius 1 is 1.35 bits per heavy atom. The highest BCUT2D eigenvalue weighted by Crippen LogP contribution is 2.29. The van der Waals surface area contributed by atoms with Crippen LogP contribution in [0.1, 0.15) is 32.1 Å². The molecule has 136 valence electrons. The van der Waals surface area contributed by atoms with E-state index in [4.69, 9.17) is 0 Å². The Hall–Kier alpha value is -2.18. The topological polar surface area (TPSA) is 90.7 Å².